The smallest absolute Gasteiger partial charge is 0.264 e. The van der Waals surface area contributed by atoms with Crippen molar-refractivity contribution in [1.29, 1.82) is 0 Å². The molecule has 0 radical (unpaired) electrons. The van der Waals surface area contributed by atoms with E-state index in [1.54, 1.807) is 5.38 Å². The second-order valence-electron chi connectivity index (χ2n) is 6.20. The van der Waals surface area contributed by atoms with E-state index in [-0.39, 0.29) is 18.4 Å². The van der Waals surface area contributed by atoms with E-state index in [9.17, 15) is 13.6 Å². The Morgan fingerprint density at radius 1 is 1.19 bits per heavy atom. The molecule has 4 nitrogen and oxygen atoms in total. The second-order valence-corrected chi connectivity index (χ2v) is 7.05. The van der Waals surface area contributed by atoms with Gasteiger partial charge in [0.05, 0.1) is 5.69 Å². The van der Waals surface area contributed by atoms with Crippen molar-refractivity contribution in [3.63, 3.8) is 0 Å². The third-order valence-electron chi connectivity index (χ3n) is 3.87. The largest absolute Gasteiger partial charge is 0.483 e. The molecule has 0 spiro atoms. The molecule has 2 aromatic carbocycles. The van der Waals surface area contributed by atoms with Crippen LogP contribution in [0.5, 0.6) is 5.75 Å². The number of nitrogens with zero attached hydrogens (tertiary/aromatic N) is 1. The first-order chi connectivity index (χ1) is 12.9. The van der Waals surface area contributed by atoms with Crippen molar-refractivity contribution in [3.8, 4) is 17.0 Å². The molecule has 0 bridgehead atoms. The van der Waals surface area contributed by atoms with E-state index in [0.717, 1.165) is 17.7 Å². The normalized spacial score (nSPS) is 10.9. The number of carbonyl (C=O) groups is 1. The molecule has 1 aromatic heterocycles. The number of ether oxygens (including phenoxy) is 1. The lowest BCUT2D eigenvalue weighted by atomic mass is 10.0. The summed E-state index contributed by atoms with van der Waals surface area (Å²) in [5.74, 6) is -1.25. The van der Waals surface area contributed by atoms with Crippen LogP contribution in [-0.4, -0.2) is 17.5 Å². The maximum Gasteiger partial charge on any atom is 0.264 e. The van der Waals surface area contributed by atoms with Crippen LogP contribution in [0.2, 0.25) is 0 Å². The Balaban J connectivity index is 1.62. The molecule has 0 atom stereocenters. The van der Waals surface area contributed by atoms with Crippen LogP contribution in [0, 0.1) is 11.6 Å². The topological polar surface area (TPSA) is 51.2 Å². The highest BCUT2D eigenvalue weighted by atomic mass is 32.1. The Labute approximate surface area is 159 Å². The van der Waals surface area contributed by atoms with Gasteiger partial charge < -0.3 is 4.74 Å². The fraction of sp³-hybridized carbons (Fsp3) is 0.200. The van der Waals surface area contributed by atoms with Gasteiger partial charge in [0.25, 0.3) is 5.91 Å². The summed E-state index contributed by atoms with van der Waals surface area (Å²) in [4.78, 5) is 16.4. The van der Waals surface area contributed by atoms with Crippen LogP contribution in [0.3, 0.4) is 0 Å². The Kier molecular flexibility index (Phi) is 5.81. The summed E-state index contributed by atoms with van der Waals surface area (Å²) >= 11 is 1.20. The van der Waals surface area contributed by atoms with Crippen molar-refractivity contribution in [1.82, 2.24) is 4.98 Å². The number of thiazole rings is 1. The molecule has 0 unspecified atom stereocenters. The van der Waals surface area contributed by atoms with Gasteiger partial charge in [-0.3, -0.25) is 10.1 Å². The zero-order chi connectivity index (χ0) is 19.4. The van der Waals surface area contributed by atoms with Crippen molar-refractivity contribution < 1.29 is 18.3 Å². The monoisotopic (exact) mass is 388 g/mol. The minimum atomic E-state index is -0.941. The highest BCUT2D eigenvalue weighted by molar-refractivity contribution is 7.14. The first kappa shape index (κ1) is 19.0. The minimum Gasteiger partial charge on any atom is -0.483 e. The molecule has 140 valence electrons. The number of hydrogen-bond donors (Lipinski definition) is 1. The number of amides is 1. The Morgan fingerprint density at radius 2 is 1.96 bits per heavy atom. The van der Waals surface area contributed by atoms with E-state index < -0.39 is 11.6 Å². The van der Waals surface area contributed by atoms with Crippen LogP contribution in [-0.2, 0) is 4.79 Å². The first-order valence-electron chi connectivity index (χ1n) is 8.36. The number of benzene rings is 2. The maximum absolute atomic E-state index is 13.3. The molecule has 3 aromatic rings. The standard InChI is InChI=1S/C20H18F2N2O2S/c1-12(2)14-5-3-4-6-18(14)26-10-19(25)24-20-23-17(11-27-20)13-7-8-15(21)16(22)9-13/h3-9,11-12H,10H2,1-2H3,(H,23,24,25). The van der Waals surface area contributed by atoms with E-state index in [1.165, 1.54) is 17.4 Å². The molecule has 27 heavy (non-hydrogen) atoms. The van der Waals surface area contributed by atoms with Gasteiger partial charge in [0, 0.05) is 10.9 Å². The van der Waals surface area contributed by atoms with E-state index >= 15 is 0 Å². The molecule has 1 amide bonds. The summed E-state index contributed by atoms with van der Waals surface area (Å²) < 4.78 is 32.0. The number of nitrogens with one attached hydrogen (secondary N) is 1. The number of rotatable bonds is 6. The van der Waals surface area contributed by atoms with E-state index in [2.05, 4.69) is 24.1 Å². The maximum atomic E-state index is 13.3. The van der Waals surface area contributed by atoms with Crippen molar-refractivity contribution in [2.24, 2.45) is 0 Å². The van der Waals surface area contributed by atoms with Gasteiger partial charge in [-0.05, 0) is 35.7 Å². The number of aromatic nitrogens is 1. The van der Waals surface area contributed by atoms with Crippen molar-refractivity contribution >= 4 is 22.4 Å². The fourth-order valence-electron chi connectivity index (χ4n) is 2.51. The van der Waals surface area contributed by atoms with Gasteiger partial charge in [0.15, 0.2) is 23.4 Å². The Hall–Kier alpha value is -2.80. The zero-order valence-corrected chi connectivity index (χ0v) is 15.6. The molecule has 0 aliphatic heterocycles. The van der Waals surface area contributed by atoms with Crippen LogP contribution in [0.4, 0.5) is 13.9 Å². The van der Waals surface area contributed by atoms with Gasteiger partial charge in [-0.2, -0.15) is 0 Å². The molecule has 0 saturated heterocycles. The third-order valence-corrected chi connectivity index (χ3v) is 4.62. The van der Waals surface area contributed by atoms with Crippen molar-refractivity contribution in [3.05, 3.63) is 65.0 Å². The summed E-state index contributed by atoms with van der Waals surface area (Å²) in [6.45, 7) is 3.96. The lowest BCUT2D eigenvalue weighted by Gasteiger charge is -2.13. The van der Waals surface area contributed by atoms with Gasteiger partial charge in [0.2, 0.25) is 0 Å². The lowest BCUT2D eigenvalue weighted by Crippen LogP contribution is -2.20. The van der Waals surface area contributed by atoms with Gasteiger partial charge in [-0.25, -0.2) is 13.8 Å². The van der Waals surface area contributed by atoms with Crippen LogP contribution in [0.1, 0.15) is 25.3 Å². The average Bonchev–Trinajstić information content (AvgIpc) is 3.11. The molecule has 0 saturated carbocycles. The summed E-state index contributed by atoms with van der Waals surface area (Å²) in [6, 6.07) is 11.1. The quantitative estimate of drug-likeness (QED) is 0.629. The predicted molar refractivity (Wildman–Crippen MR) is 102 cm³/mol. The summed E-state index contributed by atoms with van der Waals surface area (Å²) in [6.07, 6.45) is 0. The van der Waals surface area contributed by atoms with Crippen LogP contribution in [0.15, 0.2) is 47.8 Å². The van der Waals surface area contributed by atoms with Crippen LogP contribution in [0.25, 0.3) is 11.3 Å². The predicted octanol–water partition coefficient (Wildman–Crippen LogP) is 5.23. The Morgan fingerprint density at radius 3 is 2.70 bits per heavy atom. The zero-order valence-electron chi connectivity index (χ0n) is 14.8. The van der Waals surface area contributed by atoms with Gasteiger partial charge in [-0.1, -0.05) is 32.0 Å². The molecule has 7 heteroatoms. The van der Waals surface area contributed by atoms with Crippen molar-refractivity contribution in [2.45, 2.75) is 19.8 Å². The van der Waals surface area contributed by atoms with Crippen LogP contribution < -0.4 is 10.1 Å². The van der Waals surface area contributed by atoms with E-state index in [1.807, 2.05) is 24.3 Å². The number of para-hydroxylation sites is 1. The highest BCUT2D eigenvalue weighted by Crippen LogP contribution is 2.27. The summed E-state index contributed by atoms with van der Waals surface area (Å²) in [5.41, 5.74) is 1.92. The fourth-order valence-corrected chi connectivity index (χ4v) is 3.24. The number of carbonyl (C=O) groups excluding carboxylic acids is 1. The molecule has 0 fully saturated rings. The SMILES string of the molecule is CC(C)c1ccccc1OCC(=O)Nc1nc(-c2ccc(F)c(F)c2)cs1. The molecule has 1 N–H and O–H groups in total. The van der Waals surface area contributed by atoms with E-state index in [4.69, 9.17) is 4.74 Å². The van der Waals surface area contributed by atoms with Crippen LogP contribution >= 0.6 is 11.3 Å². The third kappa shape index (κ3) is 4.68. The molecular formula is C20H18F2N2O2S. The summed E-state index contributed by atoms with van der Waals surface area (Å²) in [7, 11) is 0. The van der Waals surface area contributed by atoms with Crippen molar-refractivity contribution in [2.75, 3.05) is 11.9 Å². The molecule has 1 heterocycles. The first-order valence-corrected chi connectivity index (χ1v) is 9.24. The number of anilines is 1. The molecule has 0 aliphatic rings. The lowest BCUT2D eigenvalue weighted by molar-refractivity contribution is -0.118. The molecule has 3 rings (SSSR count). The van der Waals surface area contributed by atoms with Gasteiger partial charge >= 0.3 is 0 Å². The number of halogens is 2. The highest BCUT2D eigenvalue weighted by Gasteiger charge is 2.12. The minimum absolute atomic E-state index is 0.149. The number of hydrogen-bond acceptors (Lipinski definition) is 4. The summed E-state index contributed by atoms with van der Waals surface area (Å²) in [5, 5.41) is 4.68. The average molecular weight is 388 g/mol. The Bertz CT molecular complexity index is 957. The molecular weight excluding hydrogens is 370 g/mol. The van der Waals surface area contributed by atoms with E-state index in [0.29, 0.717) is 22.1 Å². The molecule has 0 aliphatic carbocycles. The second kappa shape index (κ2) is 8.26. The van der Waals surface area contributed by atoms with Gasteiger partial charge in [-0.15, -0.1) is 11.3 Å². The van der Waals surface area contributed by atoms with Gasteiger partial charge in [0.1, 0.15) is 5.75 Å².